The number of halogens is 2. The molecule has 1 aliphatic heterocycles. The molecule has 0 unspecified atom stereocenters. The van der Waals surface area contributed by atoms with Crippen molar-refractivity contribution in [2.24, 2.45) is 0 Å². The Labute approximate surface area is 123 Å². The lowest BCUT2D eigenvalue weighted by atomic mass is 10.1. The number of nitrogens with zero attached hydrogens (tertiary/aromatic N) is 1. The van der Waals surface area contributed by atoms with Gasteiger partial charge in [-0.1, -0.05) is 18.2 Å². The van der Waals surface area contributed by atoms with Gasteiger partial charge in [-0.25, -0.2) is 0 Å². The predicted molar refractivity (Wildman–Crippen MR) is 74.4 cm³/mol. The minimum Gasteiger partial charge on any atom is -0.434 e. The molecule has 118 valence electrons. The van der Waals surface area contributed by atoms with E-state index in [1.54, 1.807) is 12.1 Å². The van der Waals surface area contributed by atoms with Crippen LogP contribution >= 0.6 is 0 Å². The summed E-state index contributed by atoms with van der Waals surface area (Å²) in [6, 6.07) is 6.89. The second-order valence-electron chi connectivity index (χ2n) is 5.06. The van der Waals surface area contributed by atoms with Crippen molar-refractivity contribution in [3.63, 3.8) is 0 Å². The molecule has 4 nitrogen and oxygen atoms in total. The molecule has 0 atom stereocenters. The fraction of sp³-hybridized carbons (Fsp3) is 0.600. The van der Waals surface area contributed by atoms with E-state index in [-0.39, 0.29) is 18.5 Å². The number of hydrogen-bond donors (Lipinski definition) is 1. The Morgan fingerprint density at radius 2 is 1.95 bits per heavy atom. The van der Waals surface area contributed by atoms with Crippen LogP contribution < -0.4 is 4.74 Å². The maximum absolute atomic E-state index is 12.4. The van der Waals surface area contributed by atoms with Crippen molar-refractivity contribution in [2.75, 3.05) is 26.3 Å². The molecule has 0 bridgehead atoms. The molecule has 1 heterocycles. The lowest BCUT2D eigenvalue weighted by molar-refractivity contribution is -0.0510. The summed E-state index contributed by atoms with van der Waals surface area (Å²) in [6.45, 7) is -0.106. The Bertz CT molecular complexity index is 423. The summed E-state index contributed by atoms with van der Waals surface area (Å²) in [4.78, 5) is 2.20. The molecule has 0 spiro atoms. The second-order valence-corrected chi connectivity index (χ2v) is 5.06. The van der Waals surface area contributed by atoms with Crippen LogP contribution in [0.2, 0.25) is 0 Å². The molecule has 1 saturated heterocycles. The monoisotopic (exact) mass is 301 g/mol. The molecule has 21 heavy (non-hydrogen) atoms. The van der Waals surface area contributed by atoms with Crippen LogP contribution in [0.3, 0.4) is 0 Å². The molecule has 0 saturated carbocycles. The molecule has 6 heteroatoms. The van der Waals surface area contributed by atoms with Crippen molar-refractivity contribution in [1.29, 1.82) is 0 Å². The summed E-state index contributed by atoms with van der Waals surface area (Å²) in [5.41, 5.74) is 0.771. The molecule has 1 aromatic carbocycles. The SMILES string of the molecule is OCCOC1CCN(Cc2ccccc2OC(F)F)CC1. The zero-order valence-electron chi connectivity index (χ0n) is 11.9. The Kier molecular flexibility index (Phi) is 6.35. The molecular weight excluding hydrogens is 280 g/mol. The van der Waals surface area contributed by atoms with Crippen LogP contribution in [0.1, 0.15) is 18.4 Å². The molecule has 0 aromatic heterocycles. The summed E-state index contributed by atoms with van der Waals surface area (Å²) < 4.78 is 34.8. The second kappa shape index (κ2) is 8.26. The molecular formula is C15H21F2NO3. The minimum atomic E-state index is -2.80. The number of ether oxygens (including phenoxy) is 2. The first-order valence-corrected chi connectivity index (χ1v) is 7.16. The van der Waals surface area contributed by atoms with Gasteiger partial charge in [0, 0.05) is 25.2 Å². The highest BCUT2D eigenvalue weighted by Crippen LogP contribution is 2.23. The van der Waals surface area contributed by atoms with E-state index in [0.29, 0.717) is 13.2 Å². The fourth-order valence-electron chi connectivity index (χ4n) is 2.54. The van der Waals surface area contributed by atoms with Gasteiger partial charge in [-0.15, -0.1) is 0 Å². The third kappa shape index (κ3) is 5.22. The van der Waals surface area contributed by atoms with E-state index < -0.39 is 6.61 Å². The Hall–Kier alpha value is -1.24. The zero-order valence-corrected chi connectivity index (χ0v) is 11.9. The van der Waals surface area contributed by atoms with E-state index in [1.807, 2.05) is 12.1 Å². The number of rotatable bonds is 7. The summed E-state index contributed by atoms with van der Waals surface area (Å²) in [5, 5.41) is 8.74. The summed E-state index contributed by atoms with van der Waals surface area (Å²) >= 11 is 0. The number of likely N-dealkylation sites (tertiary alicyclic amines) is 1. The van der Waals surface area contributed by atoms with Gasteiger partial charge in [-0.05, 0) is 18.9 Å². The number of hydrogen-bond acceptors (Lipinski definition) is 4. The predicted octanol–water partition coefficient (Wildman–Crippen LogP) is 2.26. The van der Waals surface area contributed by atoms with E-state index in [1.165, 1.54) is 0 Å². The van der Waals surface area contributed by atoms with Crippen molar-refractivity contribution < 1.29 is 23.4 Å². The largest absolute Gasteiger partial charge is 0.434 e. The van der Waals surface area contributed by atoms with E-state index in [0.717, 1.165) is 31.5 Å². The molecule has 1 aliphatic rings. The fourth-order valence-corrected chi connectivity index (χ4v) is 2.54. The van der Waals surface area contributed by atoms with Gasteiger partial charge >= 0.3 is 6.61 Å². The van der Waals surface area contributed by atoms with Crippen molar-refractivity contribution in [3.05, 3.63) is 29.8 Å². The highest BCUT2D eigenvalue weighted by atomic mass is 19.3. The first kappa shape index (κ1) is 16.1. The molecule has 0 radical (unpaired) electrons. The highest BCUT2D eigenvalue weighted by molar-refractivity contribution is 5.33. The molecule has 1 N–H and O–H groups in total. The van der Waals surface area contributed by atoms with Crippen molar-refractivity contribution in [1.82, 2.24) is 4.90 Å². The van der Waals surface area contributed by atoms with Crippen molar-refractivity contribution in [2.45, 2.75) is 32.1 Å². The van der Waals surface area contributed by atoms with E-state index in [4.69, 9.17) is 9.84 Å². The topological polar surface area (TPSA) is 41.9 Å². The van der Waals surface area contributed by atoms with Gasteiger partial charge < -0.3 is 14.6 Å². The van der Waals surface area contributed by atoms with Crippen molar-refractivity contribution in [3.8, 4) is 5.75 Å². The Balaban J connectivity index is 1.86. The van der Waals surface area contributed by atoms with Gasteiger partial charge in [0.05, 0.1) is 19.3 Å². The van der Waals surface area contributed by atoms with E-state index in [9.17, 15) is 8.78 Å². The first-order valence-electron chi connectivity index (χ1n) is 7.16. The van der Waals surface area contributed by atoms with Gasteiger partial charge in [0.15, 0.2) is 0 Å². The third-order valence-corrected chi connectivity index (χ3v) is 3.56. The molecule has 2 rings (SSSR count). The third-order valence-electron chi connectivity index (χ3n) is 3.56. The molecule has 1 fully saturated rings. The quantitative estimate of drug-likeness (QED) is 0.839. The number of benzene rings is 1. The normalized spacial score (nSPS) is 17.3. The van der Waals surface area contributed by atoms with Crippen LogP contribution in [-0.2, 0) is 11.3 Å². The van der Waals surface area contributed by atoms with Crippen LogP contribution in [-0.4, -0.2) is 49.0 Å². The average Bonchev–Trinajstić information content (AvgIpc) is 2.48. The Morgan fingerprint density at radius 3 is 2.62 bits per heavy atom. The van der Waals surface area contributed by atoms with Crippen molar-refractivity contribution >= 4 is 0 Å². The minimum absolute atomic E-state index is 0.0402. The first-order chi connectivity index (χ1) is 10.2. The lowest BCUT2D eigenvalue weighted by Gasteiger charge is -2.32. The molecule has 0 aliphatic carbocycles. The van der Waals surface area contributed by atoms with Gasteiger partial charge in [-0.3, -0.25) is 4.90 Å². The number of piperidine rings is 1. The summed E-state index contributed by atoms with van der Waals surface area (Å²) in [6.07, 6.45) is 1.95. The average molecular weight is 301 g/mol. The lowest BCUT2D eigenvalue weighted by Crippen LogP contribution is -2.37. The number of aliphatic hydroxyl groups is 1. The zero-order chi connectivity index (χ0) is 15.1. The number of para-hydroxylation sites is 1. The highest BCUT2D eigenvalue weighted by Gasteiger charge is 2.20. The van der Waals surface area contributed by atoms with Crippen LogP contribution in [0.5, 0.6) is 5.75 Å². The van der Waals surface area contributed by atoms with Crippen LogP contribution in [0.25, 0.3) is 0 Å². The summed E-state index contributed by atoms with van der Waals surface area (Å²) in [7, 11) is 0. The molecule has 0 amide bonds. The summed E-state index contributed by atoms with van der Waals surface area (Å²) in [5.74, 6) is 0.242. The Morgan fingerprint density at radius 1 is 1.24 bits per heavy atom. The van der Waals surface area contributed by atoms with E-state index in [2.05, 4.69) is 9.64 Å². The molecule has 1 aromatic rings. The van der Waals surface area contributed by atoms with Gasteiger partial charge in [0.25, 0.3) is 0 Å². The smallest absolute Gasteiger partial charge is 0.387 e. The van der Waals surface area contributed by atoms with Gasteiger partial charge in [-0.2, -0.15) is 8.78 Å². The number of alkyl halides is 2. The van der Waals surface area contributed by atoms with Crippen LogP contribution in [0.4, 0.5) is 8.78 Å². The maximum Gasteiger partial charge on any atom is 0.387 e. The van der Waals surface area contributed by atoms with Gasteiger partial charge in [0.2, 0.25) is 0 Å². The van der Waals surface area contributed by atoms with Gasteiger partial charge in [0.1, 0.15) is 5.75 Å². The van der Waals surface area contributed by atoms with E-state index >= 15 is 0 Å². The maximum atomic E-state index is 12.4. The standard InChI is InChI=1S/C15H21F2NO3/c16-15(17)21-14-4-2-1-3-12(14)11-18-7-5-13(6-8-18)20-10-9-19/h1-4,13,15,19H,5-11H2. The number of aliphatic hydroxyl groups excluding tert-OH is 1. The van der Waals surface area contributed by atoms with Crippen LogP contribution in [0.15, 0.2) is 24.3 Å². The van der Waals surface area contributed by atoms with Crippen LogP contribution in [0, 0.1) is 0 Å².